The van der Waals surface area contributed by atoms with Gasteiger partial charge in [-0.25, -0.2) is 14.2 Å². The standard InChI is InChI=1S/C15H11BrF2N2O2/c16-10-5-11(14(18)19-7-10)12-13(22-15(21)20-12)9-3-1-8(6-17)2-4-9/h1-5,7,12-13H,6H2,(H,20,21)/t12-,13-/m1/s1. The number of nitrogens with zero attached hydrogens (tertiary/aromatic N) is 1. The quantitative estimate of drug-likeness (QED) is 0.833. The number of carbonyl (C=O) groups is 1. The lowest BCUT2D eigenvalue weighted by Crippen LogP contribution is -2.21. The molecule has 0 radical (unpaired) electrons. The molecular formula is C15H11BrF2N2O2. The number of alkyl carbamates (subject to hydrolysis) is 1. The molecule has 0 spiro atoms. The zero-order chi connectivity index (χ0) is 15.7. The fourth-order valence-electron chi connectivity index (χ4n) is 2.37. The molecule has 0 bridgehead atoms. The fraction of sp³-hybridized carbons (Fsp3) is 0.200. The molecule has 1 saturated heterocycles. The number of aromatic nitrogens is 1. The second kappa shape index (κ2) is 6.00. The summed E-state index contributed by atoms with van der Waals surface area (Å²) in [5.41, 5.74) is 1.40. The Kier molecular flexibility index (Phi) is 4.06. The van der Waals surface area contributed by atoms with Crippen LogP contribution in [0.1, 0.15) is 28.8 Å². The highest BCUT2D eigenvalue weighted by Gasteiger charge is 2.38. The smallest absolute Gasteiger partial charge is 0.408 e. The predicted molar refractivity (Wildman–Crippen MR) is 78.2 cm³/mol. The summed E-state index contributed by atoms with van der Waals surface area (Å²) in [6, 6.07) is 7.38. The number of carbonyl (C=O) groups excluding carboxylic acids is 1. The van der Waals surface area contributed by atoms with E-state index in [1.165, 1.54) is 6.20 Å². The lowest BCUT2D eigenvalue weighted by molar-refractivity contribution is 0.131. The summed E-state index contributed by atoms with van der Waals surface area (Å²) in [6.07, 6.45) is -0.00248. The first-order chi connectivity index (χ1) is 10.6. The lowest BCUT2D eigenvalue weighted by Gasteiger charge is -2.18. The summed E-state index contributed by atoms with van der Waals surface area (Å²) in [4.78, 5) is 15.2. The van der Waals surface area contributed by atoms with Gasteiger partial charge in [0.25, 0.3) is 0 Å². The van der Waals surface area contributed by atoms with Gasteiger partial charge in [0.15, 0.2) is 6.10 Å². The average molecular weight is 369 g/mol. The van der Waals surface area contributed by atoms with E-state index in [1.807, 2.05) is 0 Å². The van der Waals surface area contributed by atoms with Crippen molar-refractivity contribution in [3.8, 4) is 0 Å². The Bertz CT molecular complexity index is 709. The molecule has 114 valence electrons. The van der Waals surface area contributed by atoms with Crippen molar-refractivity contribution in [2.24, 2.45) is 0 Å². The Balaban J connectivity index is 1.98. The van der Waals surface area contributed by atoms with Crippen LogP contribution >= 0.6 is 15.9 Å². The van der Waals surface area contributed by atoms with Gasteiger partial charge < -0.3 is 10.1 Å². The first-order valence-corrected chi connectivity index (χ1v) is 7.30. The van der Waals surface area contributed by atoms with Crippen LogP contribution in [0, 0.1) is 5.95 Å². The van der Waals surface area contributed by atoms with Crippen molar-refractivity contribution in [1.82, 2.24) is 10.3 Å². The van der Waals surface area contributed by atoms with Crippen LogP contribution in [0.25, 0.3) is 0 Å². The van der Waals surface area contributed by atoms with E-state index in [2.05, 4.69) is 26.2 Å². The molecule has 0 aliphatic carbocycles. The van der Waals surface area contributed by atoms with Crippen LogP contribution in [0.5, 0.6) is 0 Å². The van der Waals surface area contributed by atoms with Crippen LogP contribution in [-0.2, 0) is 11.4 Å². The van der Waals surface area contributed by atoms with Gasteiger partial charge in [-0.1, -0.05) is 24.3 Å². The van der Waals surface area contributed by atoms with E-state index in [0.717, 1.165) is 0 Å². The van der Waals surface area contributed by atoms with Gasteiger partial charge in [0, 0.05) is 16.2 Å². The fourth-order valence-corrected chi connectivity index (χ4v) is 2.72. The molecule has 2 atom stereocenters. The lowest BCUT2D eigenvalue weighted by atomic mass is 9.97. The summed E-state index contributed by atoms with van der Waals surface area (Å²) in [5.74, 6) is -0.677. The van der Waals surface area contributed by atoms with Gasteiger partial charge in [-0.05, 0) is 33.1 Å². The van der Waals surface area contributed by atoms with Crippen LogP contribution in [0.4, 0.5) is 13.6 Å². The minimum atomic E-state index is -0.702. The summed E-state index contributed by atoms with van der Waals surface area (Å²) in [5, 5.41) is 2.58. The van der Waals surface area contributed by atoms with Crippen molar-refractivity contribution in [2.75, 3.05) is 0 Å². The molecule has 4 nitrogen and oxygen atoms in total. The number of hydrogen-bond donors (Lipinski definition) is 1. The number of pyridine rings is 1. The van der Waals surface area contributed by atoms with Crippen LogP contribution in [0.2, 0.25) is 0 Å². The number of nitrogens with one attached hydrogen (secondary N) is 1. The van der Waals surface area contributed by atoms with Crippen molar-refractivity contribution < 1.29 is 18.3 Å². The SMILES string of the molecule is O=C1N[C@H](c2cc(Br)cnc2F)[C@@H](c2ccc(CF)cc2)O1. The molecule has 1 aliphatic rings. The Labute approximate surface area is 133 Å². The third-order valence-electron chi connectivity index (χ3n) is 3.44. The molecule has 22 heavy (non-hydrogen) atoms. The van der Waals surface area contributed by atoms with Crippen molar-refractivity contribution in [1.29, 1.82) is 0 Å². The summed E-state index contributed by atoms with van der Waals surface area (Å²) in [6.45, 7) is -0.573. The van der Waals surface area contributed by atoms with Crippen molar-refractivity contribution in [3.63, 3.8) is 0 Å². The largest absolute Gasteiger partial charge is 0.439 e. The summed E-state index contributed by atoms with van der Waals surface area (Å²) < 4.78 is 32.4. The number of cyclic esters (lactones) is 1. The van der Waals surface area contributed by atoms with E-state index in [0.29, 0.717) is 15.6 Å². The van der Waals surface area contributed by atoms with Crippen molar-refractivity contribution in [3.05, 3.63) is 63.6 Å². The second-order valence-electron chi connectivity index (χ2n) is 4.86. The van der Waals surface area contributed by atoms with Crippen molar-refractivity contribution in [2.45, 2.75) is 18.8 Å². The molecule has 0 unspecified atom stereocenters. The molecule has 1 amide bonds. The van der Waals surface area contributed by atoms with Crippen molar-refractivity contribution >= 4 is 22.0 Å². The normalized spacial score (nSPS) is 20.6. The average Bonchev–Trinajstić information content (AvgIpc) is 2.91. The first-order valence-electron chi connectivity index (χ1n) is 6.51. The highest BCUT2D eigenvalue weighted by Crippen LogP contribution is 2.38. The number of halogens is 3. The van der Waals surface area contributed by atoms with E-state index in [9.17, 15) is 13.6 Å². The summed E-state index contributed by atoms with van der Waals surface area (Å²) in [7, 11) is 0. The second-order valence-corrected chi connectivity index (χ2v) is 5.77. The van der Waals surface area contributed by atoms with Gasteiger partial charge >= 0.3 is 6.09 Å². The molecule has 0 saturated carbocycles. The third-order valence-corrected chi connectivity index (χ3v) is 3.87. The maximum absolute atomic E-state index is 14.0. The minimum Gasteiger partial charge on any atom is -0.439 e. The van der Waals surface area contributed by atoms with Gasteiger partial charge in [0.1, 0.15) is 12.7 Å². The number of benzene rings is 1. The van der Waals surface area contributed by atoms with Gasteiger partial charge in [-0.2, -0.15) is 4.39 Å². The molecule has 1 aromatic heterocycles. The van der Waals surface area contributed by atoms with E-state index in [1.54, 1.807) is 30.3 Å². The van der Waals surface area contributed by atoms with E-state index >= 15 is 0 Å². The zero-order valence-corrected chi connectivity index (χ0v) is 12.8. The number of rotatable bonds is 3. The number of ether oxygens (including phenoxy) is 1. The Morgan fingerprint density at radius 3 is 2.73 bits per heavy atom. The highest BCUT2D eigenvalue weighted by atomic mass is 79.9. The van der Waals surface area contributed by atoms with Crippen LogP contribution < -0.4 is 5.32 Å². The molecule has 1 aromatic carbocycles. The zero-order valence-electron chi connectivity index (χ0n) is 11.2. The maximum atomic E-state index is 14.0. The molecule has 2 aromatic rings. The van der Waals surface area contributed by atoms with Gasteiger partial charge in [0.05, 0.1) is 0 Å². The van der Waals surface area contributed by atoms with E-state index in [-0.39, 0.29) is 5.56 Å². The Morgan fingerprint density at radius 2 is 2.05 bits per heavy atom. The predicted octanol–water partition coefficient (Wildman–Crippen LogP) is 3.97. The maximum Gasteiger partial charge on any atom is 0.408 e. The Morgan fingerprint density at radius 1 is 1.32 bits per heavy atom. The molecule has 1 aliphatic heterocycles. The number of hydrogen-bond acceptors (Lipinski definition) is 3. The molecule has 2 heterocycles. The minimum absolute atomic E-state index is 0.222. The van der Waals surface area contributed by atoms with Crippen LogP contribution in [0.15, 0.2) is 41.0 Å². The highest BCUT2D eigenvalue weighted by molar-refractivity contribution is 9.10. The number of alkyl halides is 1. The molecular weight excluding hydrogens is 358 g/mol. The first kappa shape index (κ1) is 14.9. The molecule has 1 fully saturated rings. The van der Waals surface area contributed by atoms with Crippen LogP contribution in [0.3, 0.4) is 0 Å². The molecule has 7 heteroatoms. The van der Waals surface area contributed by atoms with Crippen LogP contribution in [-0.4, -0.2) is 11.1 Å². The van der Waals surface area contributed by atoms with E-state index in [4.69, 9.17) is 4.74 Å². The van der Waals surface area contributed by atoms with E-state index < -0.39 is 30.9 Å². The monoisotopic (exact) mass is 368 g/mol. The molecule has 1 N–H and O–H groups in total. The van der Waals surface area contributed by atoms with Gasteiger partial charge in [0.2, 0.25) is 5.95 Å². The Hall–Kier alpha value is -2.02. The topological polar surface area (TPSA) is 51.2 Å². The molecule has 3 rings (SSSR count). The third kappa shape index (κ3) is 2.81. The van der Waals surface area contributed by atoms with Gasteiger partial charge in [-0.3, -0.25) is 0 Å². The number of amides is 1. The summed E-state index contributed by atoms with van der Waals surface area (Å²) >= 11 is 3.23. The van der Waals surface area contributed by atoms with Gasteiger partial charge in [-0.15, -0.1) is 0 Å².